The normalized spacial score (nSPS) is 13.9. The Morgan fingerprint density at radius 2 is 1.61 bits per heavy atom. The number of aryl methyl sites for hydroxylation is 2. The highest BCUT2D eigenvalue weighted by molar-refractivity contribution is 5.94. The maximum atomic E-state index is 12.6. The predicted octanol–water partition coefficient (Wildman–Crippen LogP) is 3.04. The van der Waals surface area contributed by atoms with Gasteiger partial charge in [-0.3, -0.25) is 9.59 Å². The minimum absolute atomic E-state index is 0.0831. The van der Waals surface area contributed by atoms with Gasteiger partial charge in [0.05, 0.1) is 11.6 Å². The number of nitrogens with zero attached hydrogens (tertiary/aromatic N) is 3. The largest absolute Gasteiger partial charge is 0.339 e. The summed E-state index contributed by atoms with van der Waals surface area (Å²) >= 11 is 0. The summed E-state index contributed by atoms with van der Waals surface area (Å²) in [5.74, 6) is 0.0540. The second-order valence-corrected chi connectivity index (χ2v) is 7.04. The molecule has 1 fully saturated rings. The first-order chi connectivity index (χ1) is 13.6. The number of piperazine rings is 1. The van der Waals surface area contributed by atoms with Gasteiger partial charge in [-0.25, -0.2) is 0 Å². The summed E-state index contributed by atoms with van der Waals surface area (Å²) in [6.45, 7) is 4.27. The number of nitriles is 1. The van der Waals surface area contributed by atoms with Crippen LogP contribution in [0.25, 0.3) is 0 Å². The van der Waals surface area contributed by atoms with Gasteiger partial charge in [0.2, 0.25) is 5.91 Å². The maximum absolute atomic E-state index is 12.6. The van der Waals surface area contributed by atoms with Crippen molar-refractivity contribution >= 4 is 11.8 Å². The Labute approximate surface area is 166 Å². The topological polar surface area (TPSA) is 64.4 Å². The minimum atomic E-state index is -0.0831. The van der Waals surface area contributed by atoms with Gasteiger partial charge >= 0.3 is 0 Å². The van der Waals surface area contributed by atoms with Crippen molar-refractivity contribution in [1.82, 2.24) is 9.80 Å². The third-order valence-corrected chi connectivity index (χ3v) is 5.22. The fourth-order valence-electron chi connectivity index (χ4n) is 3.41. The monoisotopic (exact) mass is 375 g/mol. The van der Waals surface area contributed by atoms with Crippen molar-refractivity contribution in [2.45, 2.75) is 26.2 Å². The van der Waals surface area contributed by atoms with Gasteiger partial charge in [-0.1, -0.05) is 37.3 Å². The standard InChI is InChI=1S/C23H25N3O2/c1-2-18-6-8-19(9-7-18)10-11-22(27)25-12-14-26(15-13-25)23(28)21-5-3-4-20(16-21)17-24/h3-9,16H,2,10-15H2,1H3. The Hall–Kier alpha value is -3.13. The van der Waals surface area contributed by atoms with Crippen molar-refractivity contribution in [1.29, 1.82) is 5.26 Å². The minimum Gasteiger partial charge on any atom is -0.339 e. The van der Waals surface area contributed by atoms with E-state index in [9.17, 15) is 9.59 Å². The van der Waals surface area contributed by atoms with Crippen LogP contribution in [-0.2, 0) is 17.6 Å². The van der Waals surface area contributed by atoms with Gasteiger partial charge in [0.25, 0.3) is 5.91 Å². The Kier molecular flexibility index (Phi) is 6.44. The fraction of sp³-hybridized carbons (Fsp3) is 0.348. The lowest BCUT2D eigenvalue weighted by Gasteiger charge is -2.35. The van der Waals surface area contributed by atoms with Crippen molar-refractivity contribution in [3.05, 3.63) is 70.8 Å². The Morgan fingerprint density at radius 3 is 2.25 bits per heavy atom. The summed E-state index contributed by atoms with van der Waals surface area (Å²) in [6.07, 6.45) is 2.25. The molecule has 0 aromatic heterocycles. The van der Waals surface area contributed by atoms with Crippen LogP contribution in [-0.4, -0.2) is 47.8 Å². The molecule has 28 heavy (non-hydrogen) atoms. The first-order valence-electron chi connectivity index (χ1n) is 9.75. The van der Waals surface area contributed by atoms with Gasteiger partial charge in [0.1, 0.15) is 0 Å². The third-order valence-electron chi connectivity index (χ3n) is 5.22. The molecule has 3 rings (SSSR count). The second kappa shape index (κ2) is 9.18. The van der Waals surface area contributed by atoms with Crippen LogP contribution in [0.1, 0.15) is 40.4 Å². The summed E-state index contributed by atoms with van der Waals surface area (Å²) in [5.41, 5.74) is 3.48. The van der Waals surface area contributed by atoms with Crippen LogP contribution in [0.15, 0.2) is 48.5 Å². The van der Waals surface area contributed by atoms with Crippen LogP contribution < -0.4 is 0 Å². The number of rotatable bonds is 5. The molecule has 0 bridgehead atoms. The zero-order valence-electron chi connectivity index (χ0n) is 16.2. The Bertz CT molecular complexity index is 875. The van der Waals surface area contributed by atoms with Crippen LogP contribution in [0.3, 0.4) is 0 Å². The average Bonchev–Trinajstić information content (AvgIpc) is 2.77. The lowest BCUT2D eigenvalue weighted by Crippen LogP contribution is -2.50. The van der Waals surface area contributed by atoms with Gasteiger partial charge in [-0.05, 0) is 42.2 Å². The summed E-state index contributed by atoms with van der Waals surface area (Å²) < 4.78 is 0. The lowest BCUT2D eigenvalue weighted by molar-refractivity contribution is -0.132. The van der Waals surface area contributed by atoms with Crippen molar-refractivity contribution in [3.8, 4) is 6.07 Å². The molecular weight excluding hydrogens is 350 g/mol. The molecule has 5 nitrogen and oxygen atoms in total. The zero-order chi connectivity index (χ0) is 19.9. The SMILES string of the molecule is CCc1ccc(CCC(=O)N2CCN(C(=O)c3cccc(C#N)c3)CC2)cc1. The molecule has 5 heteroatoms. The fourth-order valence-corrected chi connectivity index (χ4v) is 3.41. The van der Waals surface area contributed by atoms with Gasteiger partial charge in [-0.2, -0.15) is 5.26 Å². The van der Waals surface area contributed by atoms with E-state index < -0.39 is 0 Å². The van der Waals surface area contributed by atoms with E-state index in [1.165, 1.54) is 11.1 Å². The predicted molar refractivity (Wildman–Crippen MR) is 108 cm³/mol. The quantitative estimate of drug-likeness (QED) is 0.807. The number of amides is 2. The zero-order valence-corrected chi connectivity index (χ0v) is 16.2. The molecular formula is C23H25N3O2. The van der Waals surface area contributed by atoms with Gasteiger partial charge in [0, 0.05) is 38.2 Å². The van der Waals surface area contributed by atoms with Gasteiger partial charge in [0.15, 0.2) is 0 Å². The molecule has 1 aliphatic rings. The number of hydrogen-bond donors (Lipinski definition) is 0. The van der Waals surface area contributed by atoms with E-state index in [-0.39, 0.29) is 11.8 Å². The maximum Gasteiger partial charge on any atom is 0.254 e. The number of carbonyl (C=O) groups excluding carboxylic acids is 2. The Balaban J connectivity index is 1.49. The molecule has 0 spiro atoms. The van der Waals surface area contributed by atoms with Gasteiger partial charge in [-0.15, -0.1) is 0 Å². The molecule has 0 atom stereocenters. The first-order valence-corrected chi connectivity index (χ1v) is 9.75. The van der Waals surface area contributed by atoms with E-state index in [0.717, 1.165) is 12.8 Å². The second-order valence-electron chi connectivity index (χ2n) is 7.04. The van der Waals surface area contributed by atoms with Crippen LogP contribution in [0.2, 0.25) is 0 Å². The smallest absolute Gasteiger partial charge is 0.254 e. The summed E-state index contributed by atoms with van der Waals surface area (Å²) in [4.78, 5) is 28.7. The van der Waals surface area contributed by atoms with Crippen molar-refractivity contribution in [2.24, 2.45) is 0 Å². The molecule has 2 aromatic rings. The van der Waals surface area contributed by atoms with Crippen molar-refractivity contribution in [2.75, 3.05) is 26.2 Å². The summed E-state index contributed by atoms with van der Waals surface area (Å²) in [7, 11) is 0. The molecule has 144 valence electrons. The molecule has 0 aliphatic carbocycles. The van der Waals surface area contributed by atoms with E-state index in [0.29, 0.717) is 43.7 Å². The van der Waals surface area contributed by atoms with E-state index in [1.807, 2.05) is 4.90 Å². The highest BCUT2D eigenvalue weighted by Crippen LogP contribution is 2.13. The number of benzene rings is 2. The van der Waals surface area contributed by atoms with E-state index in [4.69, 9.17) is 5.26 Å². The summed E-state index contributed by atoms with van der Waals surface area (Å²) in [6, 6.07) is 17.2. The molecule has 0 radical (unpaired) electrons. The summed E-state index contributed by atoms with van der Waals surface area (Å²) in [5, 5.41) is 8.99. The van der Waals surface area contributed by atoms with Crippen LogP contribution in [0, 0.1) is 11.3 Å². The number of carbonyl (C=O) groups is 2. The van der Waals surface area contributed by atoms with E-state index in [1.54, 1.807) is 29.2 Å². The van der Waals surface area contributed by atoms with Crippen molar-refractivity contribution < 1.29 is 9.59 Å². The molecule has 1 saturated heterocycles. The first kappa shape index (κ1) is 19.6. The molecule has 0 saturated carbocycles. The lowest BCUT2D eigenvalue weighted by atomic mass is 10.1. The van der Waals surface area contributed by atoms with E-state index >= 15 is 0 Å². The Morgan fingerprint density at radius 1 is 0.964 bits per heavy atom. The highest BCUT2D eigenvalue weighted by Gasteiger charge is 2.24. The van der Waals surface area contributed by atoms with Crippen LogP contribution in [0.5, 0.6) is 0 Å². The van der Waals surface area contributed by atoms with Crippen LogP contribution >= 0.6 is 0 Å². The van der Waals surface area contributed by atoms with Gasteiger partial charge < -0.3 is 9.80 Å². The van der Waals surface area contributed by atoms with E-state index in [2.05, 4.69) is 37.3 Å². The van der Waals surface area contributed by atoms with Crippen LogP contribution in [0.4, 0.5) is 0 Å². The molecule has 1 heterocycles. The van der Waals surface area contributed by atoms with Crippen molar-refractivity contribution in [3.63, 3.8) is 0 Å². The molecule has 0 unspecified atom stereocenters. The third kappa shape index (κ3) is 4.77. The molecule has 1 aliphatic heterocycles. The average molecular weight is 375 g/mol. The molecule has 2 aromatic carbocycles. The molecule has 0 N–H and O–H groups in total. The number of hydrogen-bond acceptors (Lipinski definition) is 3. The molecule has 2 amide bonds. The highest BCUT2D eigenvalue weighted by atomic mass is 16.2.